The summed E-state index contributed by atoms with van der Waals surface area (Å²) < 4.78 is 25.1. The zero-order chi connectivity index (χ0) is 26.9. The SMILES string of the molecule is CS(=O)(=O)NCCN1CCc2nc(C(=O)NC3CCCCC3NC(=O)c3cc4cc(Cl)ccc4[nH]3)sc2C1. The van der Waals surface area contributed by atoms with E-state index >= 15 is 0 Å². The van der Waals surface area contributed by atoms with Crippen LogP contribution < -0.4 is 15.4 Å². The largest absolute Gasteiger partial charge is 0.351 e. The fourth-order valence-corrected chi connectivity index (χ4v) is 6.80. The van der Waals surface area contributed by atoms with Gasteiger partial charge in [0, 0.05) is 65.5 Å². The molecule has 2 unspecified atom stereocenters. The Morgan fingerprint density at radius 3 is 2.63 bits per heavy atom. The molecule has 38 heavy (non-hydrogen) atoms. The summed E-state index contributed by atoms with van der Waals surface area (Å²) in [4.78, 5) is 37.1. The summed E-state index contributed by atoms with van der Waals surface area (Å²) in [5.74, 6) is -0.431. The molecule has 0 saturated heterocycles. The van der Waals surface area contributed by atoms with Crippen molar-refractivity contribution in [3.05, 3.63) is 50.6 Å². The van der Waals surface area contributed by atoms with Gasteiger partial charge in [0.25, 0.3) is 11.8 Å². The van der Waals surface area contributed by atoms with Crippen molar-refractivity contribution in [2.45, 2.75) is 50.7 Å². The molecule has 3 heterocycles. The Morgan fingerprint density at radius 2 is 1.89 bits per heavy atom. The van der Waals surface area contributed by atoms with E-state index in [-0.39, 0.29) is 23.9 Å². The lowest BCUT2D eigenvalue weighted by Gasteiger charge is -2.32. The number of nitrogens with zero attached hydrogens (tertiary/aromatic N) is 2. The van der Waals surface area contributed by atoms with Crippen LogP contribution in [-0.4, -0.2) is 73.1 Å². The van der Waals surface area contributed by atoms with Crippen molar-refractivity contribution < 1.29 is 18.0 Å². The van der Waals surface area contributed by atoms with Crippen molar-refractivity contribution >= 4 is 55.7 Å². The number of nitrogens with one attached hydrogen (secondary N) is 4. The molecule has 2 aliphatic rings. The Hall–Kier alpha value is -2.51. The van der Waals surface area contributed by atoms with E-state index < -0.39 is 10.0 Å². The summed E-state index contributed by atoms with van der Waals surface area (Å²) in [7, 11) is -3.21. The van der Waals surface area contributed by atoms with Crippen LogP contribution in [0.1, 0.15) is 56.5 Å². The van der Waals surface area contributed by atoms with Crippen LogP contribution in [0.15, 0.2) is 24.3 Å². The molecule has 1 aromatic carbocycles. The third-order valence-electron chi connectivity index (χ3n) is 7.02. The first-order chi connectivity index (χ1) is 18.1. The summed E-state index contributed by atoms with van der Waals surface area (Å²) in [6.07, 6.45) is 5.40. The molecule has 2 amide bonds. The van der Waals surface area contributed by atoms with Gasteiger partial charge in [-0.1, -0.05) is 24.4 Å². The summed E-state index contributed by atoms with van der Waals surface area (Å²) in [6, 6.07) is 6.86. The number of hydrogen-bond donors (Lipinski definition) is 4. The van der Waals surface area contributed by atoms with E-state index in [2.05, 4.69) is 30.2 Å². The highest BCUT2D eigenvalue weighted by Crippen LogP contribution is 2.26. The third kappa shape index (κ3) is 6.55. The predicted octanol–water partition coefficient (Wildman–Crippen LogP) is 2.66. The highest BCUT2D eigenvalue weighted by atomic mass is 35.5. The number of fused-ring (bicyclic) bond motifs is 2. The number of H-pyrrole nitrogens is 1. The van der Waals surface area contributed by atoms with Crippen LogP contribution in [0.4, 0.5) is 0 Å². The number of aromatic nitrogens is 2. The lowest BCUT2D eigenvalue weighted by molar-refractivity contribution is 0.0860. The first kappa shape index (κ1) is 27.1. The predicted molar refractivity (Wildman–Crippen MR) is 148 cm³/mol. The smallest absolute Gasteiger partial charge is 0.280 e. The zero-order valence-electron chi connectivity index (χ0n) is 21.0. The molecule has 5 rings (SSSR count). The third-order valence-corrected chi connectivity index (χ3v) is 9.07. The van der Waals surface area contributed by atoms with Gasteiger partial charge in [-0.2, -0.15) is 0 Å². The van der Waals surface area contributed by atoms with Crippen LogP contribution in [0, 0.1) is 0 Å². The number of rotatable bonds is 8. The summed E-state index contributed by atoms with van der Waals surface area (Å²) in [6.45, 7) is 2.35. The van der Waals surface area contributed by atoms with E-state index in [0.717, 1.165) is 66.4 Å². The number of benzene rings is 1. The Labute approximate surface area is 230 Å². The number of carbonyl (C=O) groups excluding carboxylic acids is 2. The maximum absolute atomic E-state index is 13.2. The second kappa shape index (κ2) is 11.3. The van der Waals surface area contributed by atoms with Gasteiger partial charge in [0.05, 0.1) is 11.9 Å². The molecule has 204 valence electrons. The van der Waals surface area contributed by atoms with Crippen molar-refractivity contribution in [2.24, 2.45) is 0 Å². The minimum Gasteiger partial charge on any atom is -0.351 e. The monoisotopic (exact) mass is 578 g/mol. The fourth-order valence-electron chi connectivity index (χ4n) is 5.10. The quantitative estimate of drug-likeness (QED) is 0.324. The number of halogens is 1. The number of sulfonamides is 1. The Kier molecular flexibility index (Phi) is 8.06. The number of thiazole rings is 1. The molecule has 13 heteroatoms. The lowest BCUT2D eigenvalue weighted by atomic mass is 9.90. The van der Waals surface area contributed by atoms with E-state index in [4.69, 9.17) is 11.6 Å². The Bertz CT molecular complexity index is 1450. The van der Waals surface area contributed by atoms with Crippen molar-refractivity contribution in [1.82, 2.24) is 30.2 Å². The summed E-state index contributed by atoms with van der Waals surface area (Å²) >= 11 is 7.46. The number of carbonyl (C=O) groups is 2. The molecular formula is C25H31ClN6O4S2. The Balaban J connectivity index is 1.20. The topological polar surface area (TPSA) is 136 Å². The van der Waals surface area contributed by atoms with Gasteiger partial charge in [0.2, 0.25) is 10.0 Å². The van der Waals surface area contributed by atoms with Gasteiger partial charge < -0.3 is 15.6 Å². The molecule has 0 bridgehead atoms. The van der Waals surface area contributed by atoms with Gasteiger partial charge in [0.1, 0.15) is 5.69 Å². The molecule has 2 atom stereocenters. The summed E-state index contributed by atoms with van der Waals surface area (Å²) in [5.41, 5.74) is 2.23. The molecule has 1 saturated carbocycles. The molecule has 1 fully saturated rings. The lowest BCUT2D eigenvalue weighted by Crippen LogP contribution is -2.53. The minimum absolute atomic E-state index is 0.178. The van der Waals surface area contributed by atoms with Crippen LogP contribution in [0.3, 0.4) is 0 Å². The first-order valence-electron chi connectivity index (χ1n) is 12.7. The second-order valence-corrected chi connectivity index (χ2v) is 13.3. The summed E-state index contributed by atoms with van der Waals surface area (Å²) in [5, 5.41) is 8.14. The van der Waals surface area contributed by atoms with E-state index in [9.17, 15) is 18.0 Å². The van der Waals surface area contributed by atoms with Crippen molar-refractivity contribution in [1.29, 1.82) is 0 Å². The molecule has 10 nitrogen and oxygen atoms in total. The van der Waals surface area contributed by atoms with Gasteiger partial charge >= 0.3 is 0 Å². The van der Waals surface area contributed by atoms with Crippen LogP contribution in [0.25, 0.3) is 10.9 Å². The normalized spacial score (nSPS) is 20.3. The minimum atomic E-state index is -3.21. The first-order valence-corrected chi connectivity index (χ1v) is 15.8. The second-order valence-electron chi connectivity index (χ2n) is 9.94. The van der Waals surface area contributed by atoms with Gasteiger partial charge in [-0.05, 0) is 37.1 Å². The number of amides is 2. The highest BCUT2D eigenvalue weighted by Gasteiger charge is 2.30. The van der Waals surface area contributed by atoms with Crippen LogP contribution in [0.5, 0.6) is 0 Å². The number of aromatic amines is 1. The molecule has 0 spiro atoms. The molecule has 4 N–H and O–H groups in total. The van der Waals surface area contributed by atoms with E-state index in [1.165, 1.54) is 11.3 Å². The number of hydrogen-bond acceptors (Lipinski definition) is 7. The van der Waals surface area contributed by atoms with Gasteiger partial charge in [-0.3, -0.25) is 14.5 Å². The maximum atomic E-state index is 13.2. The van der Waals surface area contributed by atoms with Crippen LogP contribution >= 0.6 is 22.9 Å². The maximum Gasteiger partial charge on any atom is 0.280 e. The van der Waals surface area contributed by atoms with Gasteiger partial charge in [-0.15, -0.1) is 11.3 Å². The molecule has 1 aliphatic heterocycles. The standard InChI is InChI=1S/C25H31ClN6O4S2/c1-38(35,36)27-9-11-32-10-8-20-22(14-32)37-25(31-20)24(34)30-19-5-3-2-4-18(19)29-23(33)21-13-15-12-16(26)6-7-17(15)28-21/h6-7,12-13,18-19,27-28H,2-5,8-11,14H2,1H3,(H,29,33)(H,30,34). The highest BCUT2D eigenvalue weighted by molar-refractivity contribution is 7.88. The van der Waals surface area contributed by atoms with Gasteiger partial charge in [-0.25, -0.2) is 18.1 Å². The fraction of sp³-hybridized carbons (Fsp3) is 0.480. The van der Waals surface area contributed by atoms with Crippen molar-refractivity contribution in [3.8, 4) is 0 Å². The zero-order valence-corrected chi connectivity index (χ0v) is 23.4. The average molecular weight is 579 g/mol. The average Bonchev–Trinajstić information content (AvgIpc) is 3.48. The van der Waals surface area contributed by atoms with E-state index in [1.54, 1.807) is 12.1 Å². The van der Waals surface area contributed by atoms with Crippen molar-refractivity contribution in [3.63, 3.8) is 0 Å². The Morgan fingerprint density at radius 1 is 1.16 bits per heavy atom. The van der Waals surface area contributed by atoms with Crippen LogP contribution in [-0.2, 0) is 23.0 Å². The molecule has 3 aromatic rings. The van der Waals surface area contributed by atoms with E-state index in [1.807, 2.05) is 12.1 Å². The van der Waals surface area contributed by atoms with Gasteiger partial charge in [0.15, 0.2) is 5.01 Å². The molecular weight excluding hydrogens is 548 g/mol. The molecule has 1 aliphatic carbocycles. The molecule has 2 aromatic heterocycles. The van der Waals surface area contributed by atoms with Crippen molar-refractivity contribution in [2.75, 3.05) is 25.9 Å². The molecule has 0 radical (unpaired) electrons. The van der Waals surface area contributed by atoms with E-state index in [0.29, 0.717) is 35.4 Å². The van der Waals surface area contributed by atoms with Crippen LogP contribution in [0.2, 0.25) is 5.02 Å².